The number of carbonyl (C=O) groups excluding carboxylic acids is 1. The maximum Gasteiger partial charge on any atom is 0.243 e. The number of sulfonamides is 1. The smallest absolute Gasteiger partial charge is 0.243 e. The Morgan fingerprint density at radius 3 is 2.41 bits per heavy atom. The van der Waals surface area contributed by atoms with Gasteiger partial charge in [-0.3, -0.25) is 4.79 Å². The first-order valence-corrected chi connectivity index (χ1v) is 12.0. The molecule has 2 saturated heterocycles. The van der Waals surface area contributed by atoms with Gasteiger partial charge in [-0.1, -0.05) is 26.0 Å². The molecule has 0 saturated carbocycles. The summed E-state index contributed by atoms with van der Waals surface area (Å²) in [5.41, 5.74) is 0.966. The van der Waals surface area contributed by atoms with Gasteiger partial charge in [-0.2, -0.15) is 4.31 Å². The van der Waals surface area contributed by atoms with Crippen LogP contribution in [0.2, 0.25) is 0 Å². The van der Waals surface area contributed by atoms with E-state index in [1.54, 1.807) is 12.1 Å². The summed E-state index contributed by atoms with van der Waals surface area (Å²) in [6.07, 6.45) is 2.84. The molecule has 2 heterocycles. The van der Waals surface area contributed by atoms with Crippen molar-refractivity contribution in [1.29, 1.82) is 0 Å². The van der Waals surface area contributed by atoms with E-state index in [0.29, 0.717) is 50.6 Å². The molecule has 7 nitrogen and oxygen atoms in total. The molecule has 8 heteroatoms. The first-order valence-electron chi connectivity index (χ1n) is 10.6. The molecule has 29 heavy (non-hydrogen) atoms. The maximum atomic E-state index is 12.7. The fourth-order valence-corrected chi connectivity index (χ4v) is 5.52. The van der Waals surface area contributed by atoms with E-state index in [-0.39, 0.29) is 18.1 Å². The Morgan fingerprint density at radius 1 is 1.14 bits per heavy atom. The molecule has 0 N–H and O–H groups in total. The average molecular weight is 425 g/mol. The first kappa shape index (κ1) is 22.2. The molecule has 162 valence electrons. The number of aryl methyl sites for hydroxylation is 1. The number of hydrogen-bond donors (Lipinski definition) is 0. The Balaban J connectivity index is 1.53. The van der Waals surface area contributed by atoms with Gasteiger partial charge in [0.25, 0.3) is 0 Å². The molecule has 1 unspecified atom stereocenters. The lowest BCUT2D eigenvalue weighted by atomic mass is 9.97. The summed E-state index contributed by atoms with van der Waals surface area (Å²) >= 11 is 0. The summed E-state index contributed by atoms with van der Waals surface area (Å²) in [5, 5.41) is 0. The average Bonchev–Trinajstić information content (AvgIpc) is 3.28. The number of ether oxygens (including phenoxy) is 2. The zero-order valence-corrected chi connectivity index (χ0v) is 18.2. The summed E-state index contributed by atoms with van der Waals surface area (Å²) in [7, 11) is -3.45. The van der Waals surface area contributed by atoms with E-state index in [2.05, 4.69) is 0 Å². The molecular weight excluding hydrogens is 392 g/mol. The van der Waals surface area contributed by atoms with Gasteiger partial charge in [-0.05, 0) is 37.0 Å². The van der Waals surface area contributed by atoms with E-state index in [1.807, 2.05) is 30.9 Å². The van der Waals surface area contributed by atoms with Crippen LogP contribution in [-0.2, 0) is 30.7 Å². The van der Waals surface area contributed by atoms with Crippen LogP contribution >= 0.6 is 0 Å². The highest BCUT2D eigenvalue weighted by atomic mass is 32.2. The van der Waals surface area contributed by atoms with E-state index in [0.717, 1.165) is 24.9 Å². The topological polar surface area (TPSA) is 76.2 Å². The van der Waals surface area contributed by atoms with Crippen molar-refractivity contribution in [3.8, 4) is 0 Å². The zero-order valence-electron chi connectivity index (χ0n) is 17.4. The van der Waals surface area contributed by atoms with Gasteiger partial charge in [-0.25, -0.2) is 8.42 Å². The third-order valence-electron chi connectivity index (χ3n) is 5.74. The van der Waals surface area contributed by atoms with Crippen molar-refractivity contribution in [2.24, 2.45) is 5.92 Å². The lowest BCUT2D eigenvalue weighted by Gasteiger charge is -2.34. The van der Waals surface area contributed by atoms with Crippen LogP contribution in [0.25, 0.3) is 0 Å². The van der Waals surface area contributed by atoms with E-state index < -0.39 is 10.0 Å². The predicted molar refractivity (Wildman–Crippen MR) is 110 cm³/mol. The van der Waals surface area contributed by atoms with Gasteiger partial charge in [0.05, 0.1) is 18.1 Å². The minimum Gasteiger partial charge on any atom is -0.350 e. The molecule has 2 aliphatic rings. The first-order chi connectivity index (χ1) is 14.0. The van der Waals surface area contributed by atoms with Gasteiger partial charge >= 0.3 is 0 Å². The van der Waals surface area contributed by atoms with Crippen molar-refractivity contribution in [3.63, 3.8) is 0 Å². The van der Waals surface area contributed by atoms with Crippen molar-refractivity contribution in [3.05, 3.63) is 29.8 Å². The van der Waals surface area contributed by atoms with Gasteiger partial charge in [0, 0.05) is 38.5 Å². The number of benzene rings is 1. The van der Waals surface area contributed by atoms with Crippen molar-refractivity contribution in [2.45, 2.75) is 50.7 Å². The van der Waals surface area contributed by atoms with Crippen LogP contribution in [0.4, 0.5) is 0 Å². The molecule has 1 atom stereocenters. The Kier molecular flexibility index (Phi) is 7.67. The van der Waals surface area contributed by atoms with Crippen LogP contribution in [0.5, 0.6) is 0 Å². The number of amides is 1. The summed E-state index contributed by atoms with van der Waals surface area (Å²) < 4.78 is 37.8. The molecule has 2 aliphatic heterocycles. The highest BCUT2D eigenvalue weighted by Gasteiger charge is 2.32. The number of rotatable bonds is 8. The molecule has 1 aromatic rings. The third kappa shape index (κ3) is 5.36. The van der Waals surface area contributed by atoms with Gasteiger partial charge in [0.15, 0.2) is 6.29 Å². The van der Waals surface area contributed by atoms with Crippen molar-refractivity contribution >= 4 is 15.9 Å². The molecular formula is C21H32N2O5S. The largest absolute Gasteiger partial charge is 0.350 e. The summed E-state index contributed by atoms with van der Waals surface area (Å²) in [6, 6.07) is 6.89. The standard InChI is InChI=1S/C21H32N2O5S/c1-3-23(4-2)29(25,26)19-10-7-17(8-11-19)9-12-20(24)22-13-5-6-18(16-22)21-27-14-15-28-21/h7-8,10-11,18,21H,3-6,9,12-16H2,1-2H3. The monoisotopic (exact) mass is 424 g/mol. The van der Waals surface area contributed by atoms with Crippen LogP contribution in [-0.4, -0.2) is 69.2 Å². The summed E-state index contributed by atoms with van der Waals surface area (Å²) in [4.78, 5) is 14.9. The summed E-state index contributed by atoms with van der Waals surface area (Å²) in [5.74, 6) is 0.382. The molecule has 0 aromatic heterocycles. The molecule has 0 radical (unpaired) electrons. The second-order valence-electron chi connectivity index (χ2n) is 7.59. The second kappa shape index (κ2) is 10.0. The van der Waals surface area contributed by atoms with Crippen molar-refractivity contribution in [1.82, 2.24) is 9.21 Å². The quantitative estimate of drug-likeness (QED) is 0.640. The fourth-order valence-electron chi connectivity index (χ4n) is 4.06. The number of carbonyl (C=O) groups is 1. The Hall–Kier alpha value is -1.48. The van der Waals surface area contributed by atoms with E-state index in [9.17, 15) is 13.2 Å². The maximum absolute atomic E-state index is 12.7. The molecule has 1 amide bonds. The highest BCUT2D eigenvalue weighted by Crippen LogP contribution is 2.25. The minimum absolute atomic E-state index is 0.132. The second-order valence-corrected chi connectivity index (χ2v) is 9.52. The molecule has 0 bridgehead atoms. The number of piperidine rings is 1. The van der Waals surface area contributed by atoms with E-state index >= 15 is 0 Å². The van der Waals surface area contributed by atoms with Gasteiger partial charge in [0.1, 0.15) is 0 Å². The Labute approximate surface area is 174 Å². The molecule has 2 fully saturated rings. The molecule has 0 aliphatic carbocycles. The highest BCUT2D eigenvalue weighted by molar-refractivity contribution is 7.89. The van der Waals surface area contributed by atoms with Crippen molar-refractivity contribution < 1.29 is 22.7 Å². The Morgan fingerprint density at radius 2 is 1.79 bits per heavy atom. The van der Waals surface area contributed by atoms with Crippen LogP contribution < -0.4 is 0 Å². The lowest BCUT2D eigenvalue weighted by Crippen LogP contribution is -2.43. The Bertz CT molecular complexity index is 771. The molecule has 0 spiro atoms. The molecule has 3 rings (SSSR count). The molecule has 1 aromatic carbocycles. The normalized spacial score (nSPS) is 21.1. The third-order valence-corrected chi connectivity index (χ3v) is 7.80. The van der Waals surface area contributed by atoms with Gasteiger partial charge < -0.3 is 14.4 Å². The lowest BCUT2D eigenvalue weighted by molar-refractivity contribution is -0.139. The number of nitrogens with zero attached hydrogens (tertiary/aromatic N) is 2. The fraction of sp³-hybridized carbons (Fsp3) is 0.667. The number of likely N-dealkylation sites (tertiary alicyclic amines) is 1. The summed E-state index contributed by atoms with van der Waals surface area (Å²) in [6.45, 7) is 7.29. The van der Waals surface area contributed by atoms with Gasteiger partial charge in [-0.15, -0.1) is 0 Å². The van der Waals surface area contributed by atoms with Crippen LogP contribution in [0.15, 0.2) is 29.2 Å². The SMILES string of the molecule is CCN(CC)S(=O)(=O)c1ccc(CCC(=O)N2CCCC(C3OCCO3)C2)cc1. The van der Waals surface area contributed by atoms with Gasteiger partial charge in [0.2, 0.25) is 15.9 Å². The van der Waals surface area contributed by atoms with Crippen molar-refractivity contribution in [2.75, 3.05) is 39.4 Å². The number of hydrogen-bond acceptors (Lipinski definition) is 5. The van der Waals surface area contributed by atoms with Crippen LogP contribution in [0, 0.1) is 5.92 Å². The zero-order chi connectivity index (χ0) is 20.9. The van der Waals surface area contributed by atoms with E-state index in [4.69, 9.17) is 9.47 Å². The van der Waals surface area contributed by atoms with Crippen LogP contribution in [0.1, 0.15) is 38.7 Å². The van der Waals surface area contributed by atoms with Crippen LogP contribution in [0.3, 0.4) is 0 Å². The minimum atomic E-state index is -3.45. The predicted octanol–water partition coefficient (Wildman–Crippen LogP) is 2.26. The van der Waals surface area contributed by atoms with E-state index in [1.165, 1.54) is 4.31 Å².